The van der Waals surface area contributed by atoms with Gasteiger partial charge in [-0.2, -0.15) is 13.2 Å². The van der Waals surface area contributed by atoms with E-state index in [0.29, 0.717) is 5.56 Å². The van der Waals surface area contributed by atoms with Crippen LogP contribution in [-0.2, 0) is 22.2 Å². The van der Waals surface area contributed by atoms with Crippen molar-refractivity contribution >= 4 is 11.8 Å². The Morgan fingerprint density at radius 2 is 1.83 bits per heavy atom. The smallest absolute Gasteiger partial charge is 0.368 e. The highest BCUT2D eigenvalue weighted by atomic mass is 19.4. The fourth-order valence-corrected chi connectivity index (χ4v) is 2.18. The zero-order chi connectivity index (χ0) is 17.8. The molecule has 0 unspecified atom stereocenters. The fourth-order valence-electron chi connectivity index (χ4n) is 2.18. The van der Waals surface area contributed by atoms with Crippen molar-refractivity contribution in [2.24, 2.45) is 17.6 Å². The van der Waals surface area contributed by atoms with Crippen molar-refractivity contribution in [1.82, 2.24) is 5.32 Å². The maximum absolute atomic E-state index is 12.7. The van der Waals surface area contributed by atoms with Crippen molar-refractivity contribution in [3.05, 3.63) is 35.4 Å². The Kier molecular flexibility index (Phi) is 6.18. The Morgan fingerprint density at radius 3 is 2.30 bits per heavy atom. The number of hydrogen-bond acceptors (Lipinski definition) is 2. The molecular weight excluding hydrogens is 309 g/mol. The molecular formula is C16H21F3N2O2. The summed E-state index contributed by atoms with van der Waals surface area (Å²) in [5.74, 6) is -1.81. The lowest BCUT2D eigenvalue weighted by molar-refractivity contribution is -0.137. The number of amides is 2. The van der Waals surface area contributed by atoms with E-state index in [-0.39, 0.29) is 12.3 Å². The molecule has 23 heavy (non-hydrogen) atoms. The van der Waals surface area contributed by atoms with Crippen molar-refractivity contribution in [3.8, 4) is 0 Å². The Bertz CT molecular complexity index is 571. The predicted molar refractivity (Wildman–Crippen MR) is 80.3 cm³/mol. The molecule has 0 bridgehead atoms. The number of halogens is 3. The van der Waals surface area contributed by atoms with Gasteiger partial charge in [0, 0.05) is 5.92 Å². The molecule has 4 nitrogen and oxygen atoms in total. The van der Waals surface area contributed by atoms with E-state index >= 15 is 0 Å². The molecule has 1 aromatic rings. The van der Waals surface area contributed by atoms with Gasteiger partial charge in [-0.3, -0.25) is 9.59 Å². The zero-order valence-electron chi connectivity index (χ0n) is 13.3. The van der Waals surface area contributed by atoms with Crippen molar-refractivity contribution in [2.45, 2.75) is 39.4 Å². The summed E-state index contributed by atoms with van der Waals surface area (Å²) in [6, 6.07) is 4.05. The molecule has 0 aromatic heterocycles. The molecule has 0 fully saturated rings. The van der Waals surface area contributed by atoms with Crippen LogP contribution in [0.25, 0.3) is 0 Å². The first kappa shape index (κ1) is 19.0. The van der Waals surface area contributed by atoms with Crippen LogP contribution in [0.1, 0.15) is 31.9 Å². The second kappa shape index (κ2) is 7.48. The number of carbonyl (C=O) groups is 2. The first-order valence-electron chi connectivity index (χ1n) is 7.28. The minimum Gasteiger partial charge on any atom is -0.368 e. The summed E-state index contributed by atoms with van der Waals surface area (Å²) in [4.78, 5) is 23.4. The van der Waals surface area contributed by atoms with Gasteiger partial charge in [0.15, 0.2) is 0 Å². The van der Waals surface area contributed by atoms with E-state index in [0.717, 1.165) is 12.1 Å². The molecule has 2 atom stereocenters. The molecule has 0 radical (unpaired) electrons. The summed E-state index contributed by atoms with van der Waals surface area (Å²) in [5.41, 5.74) is 4.88. The number of nitrogens with one attached hydrogen (secondary N) is 1. The van der Waals surface area contributed by atoms with Crippen LogP contribution in [0, 0.1) is 11.8 Å². The normalized spacial score (nSPS) is 14.4. The SMILES string of the molecule is CC(C)[C@@H](NC(=O)[C@@H](C)Cc1cccc(C(F)(F)F)c1)C(N)=O. The van der Waals surface area contributed by atoms with E-state index in [2.05, 4.69) is 5.32 Å². The monoisotopic (exact) mass is 330 g/mol. The van der Waals surface area contributed by atoms with E-state index in [1.807, 2.05) is 0 Å². The molecule has 7 heteroatoms. The zero-order valence-corrected chi connectivity index (χ0v) is 13.3. The third-order valence-corrected chi connectivity index (χ3v) is 3.51. The van der Waals surface area contributed by atoms with Gasteiger partial charge in [-0.1, -0.05) is 39.0 Å². The Hall–Kier alpha value is -2.05. The van der Waals surface area contributed by atoms with Crippen LogP contribution in [0.5, 0.6) is 0 Å². The Labute approximate surface area is 133 Å². The van der Waals surface area contributed by atoms with E-state index in [1.165, 1.54) is 12.1 Å². The highest BCUT2D eigenvalue weighted by Gasteiger charge is 2.30. The van der Waals surface area contributed by atoms with Crippen LogP contribution >= 0.6 is 0 Å². The summed E-state index contributed by atoms with van der Waals surface area (Å²) >= 11 is 0. The number of primary amides is 1. The molecule has 3 N–H and O–H groups in total. The lowest BCUT2D eigenvalue weighted by Crippen LogP contribution is -2.49. The molecule has 128 valence electrons. The van der Waals surface area contributed by atoms with Gasteiger partial charge >= 0.3 is 6.18 Å². The molecule has 0 heterocycles. The van der Waals surface area contributed by atoms with Gasteiger partial charge in [-0.15, -0.1) is 0 Å². The van der Waals surface area contributed by atoms with Crippen molar-refractivity contribution in [1.29, 1.82) is 0 Å². The summed E-state index contributed by atoms with van der Waals surface area (Å²) in [6.45, 7) is 5.08. The van der Waals surface area contributed by atoms with Crippen molar-refractivity contribution in [2.75, 3.05) is 0 Å². The second-order valence-corrected chi connectivity index (χ2v) is 5.94. The lowest BCUT2D eigenvalue weighted by atomic mass is 9.97. The molecule has 2 amide bonds. The number of nitrogens with two attached hydrogens (primary N) is 1. The largest absolute Gasteiger partial charge is 0.416 e. The molecule has 0 aliphatic heterocycles. The molecule has 0 aliphatic carbocycles. The van der Waals surface area contributed by atoms with Crippen LogP contribution in [-0.4, -0.2) is 17.9 Å². The number of carbonyl (C=O) groups excluding carboxylic acids is 2. The van der Waals surface area contributed by atoms with Gasteiger partial charge in [0.2, 0.25) is 11.8 Å². The highest BCUT2D eigenvalue weighted by Crippen LogP contribution is 2.30. The van der Waals surface area contributed by atoms with E-state index in [4.69, 9.17) is 5.73 Å². The fraction of sp³-hybridized carbons (Fsp3) is 0.500. The van der Waals surface area contributed by atoms with Crippen LogP contribution in [0.15, 0.2) is 24.3 Å². The highest BCUT2D eigenvalue weighted by molar-refractivity contribution is 5.87. The van der Waals surface area contributed by atoms with E-state index in [1.54, 1.807) is 20.8 Å². The summed E-state index contributed by atoms with van der Waals surface area (Å²) in [6.07, 6.45) is -4.28. The molecule has 1 aromatic carbocycles. The average molecular weight is 330 g/mol. The molecule has 1 rings (SSSR count). The summed E-state index contributed by atoms with van der Waals surface area (Å²) in [7, 11) is 0. The molecule has 0 saturated heterocycles. The van der Waals surface area contributed by atoms with Gasteiger partial charge in [0.25, 0.3) is 0 Å². The van der Waals surface area contributed by atoms with E-state index < -0.39 is 35.5 Å². The van der Waals surface area contributed by atoms with Crippen molar-refractivity contribution in [3.63, 3.8) is 0 Å². The van der Waals surface area contributed by atoms with Gasteiger partial charge < -0.3 is 11.1 Å². The van der Waals surface area contributed by atoms with Crippen molar-refractivity contribution < 1.29 is 22.8 Å². The van der Waals surface area contributed by atoms with Gasteiger partial charge in [0.05, 0.1) is 5.56 Å². The third kappa shape index (κ3) is 5.58. The number of alkyl halides is 3. The predicted octanol–water partition coefficient (Wildman–Crippen LogP) is 2.51. The van der Waals surface area contributed by atoms with Gasteiger partial charge in [-0.05, 0) is 24.0 Å². The quantitative estimate of drug-likeness (QED) is 0.841. The molecule has 0 spiro atoms. The third-order valence-electron chi connectivity index (χ3n) is 3.51. The first-order chi connectivity index (χ1) is 10.5. The van der Waals surface area contributed by atoms with Gasteiger partial charge in [0.1, 0.15) is 6.04 Å². The maximum atomic E-state index is 12.7. The number of rotatable bonds is 6. The van der Waals surface area contributed by atoms with Crippen LogP contribution in [0.4, 0.5) is 13.2 Å². The minimum atomic E-state index is -4.42. The average Bonchev–Trinajstić information content (AvgIpc) is 2.43. The number of benzene rings is 1. The minimum absolute atomic E-state index is 0.138. The first-order valence-corrected chi connectivity index (χ1v) is 7.28. The van der Waals surface area contributed by atoms with Crippen LogP contribution < -0.4 is 11.1 Å². The lowest BCUT2D eigenvalue weighted by Gasteiger charge is -2.21. The molecule has 0 saturated carbocycles. The Morgan fingerprint density at radius 1 is 1.22 bits per heavy atom. The number of hydrogen-bond donors (Lipinski definition) is 2. The summed E-state index contributed by atoms with van der Waals surface area (Å²) in [5, 5.41) is 2.55. The standard InChI is InChI=1S/C16H21F3N2O2/c1-9(2)13(14(20)22)21-15(23)10(3)7-11-5-4-6-12(8-11)16(17,18)19/h4-6,8-10,13H,7H2,1-3H3,(H2,20,22)(H,21,23)/t10-,13+/m0/s1. The van der Waals surface area contributed by atoms with E-state index in [9.17, 15) is 22.8 Å². The maximum Gasteiger partial charge on any atom is 0.416 e. The topological polar surface area (TPSA) is 72.2 Å². The van der Waals surface area contributed by atoms with Crippen LogP contribution in [0.2, 0.25) is 0 Å². The van der Waals surface area contributed by atoms with Crippen LogP contribution in [0.3, 0.4) is 0 Å². The van der Waals surface area contributed by atoms with Gasteiger partial charge in [-0.25, -0.2) is 0 Å². The summed E-state index contributed by atoms with van der Waals surface area (Å²) < 4.78 is 38.0. The second-order valence-electron chi connectivity index (χ2n) is 5.94. The molecule has 0 aliphatic rings. The Balaban J connectivity index is 2.77.